The number of nitrogens with one attached hydrogen (secondary N) is 2. The minimum Gasteiger partial charge on any atom is -0.486 e. The summed E-state index contributed by atoms with van der Waals surface area (Å²) in [5.74, 6) is 1.23. The molecule has 2 N–H and O–H groups in total. The van der Waals surface area contributed by atoms with Crippen LogP contribution in [0.5, 0.6) is 11.5 Å². The van der Waals surface area contributed by atoms with Crippen LogP contribution in [0.1, 0.15) is 22.9 Å². The largest absolute Gasteiger partial charge is 0.486 e. The number of carbonyl (C=O) groups excluding carboxylic acids is 1. The van der Waals surface area contributed by atoms with E-state index in [1.165, 1.54) is 7.11 Å². The Kier molecular flexibility index (Phi) is 4.91. The molecule has 2 unspecified atom stereocenters. The van der Waals surface area contributed by atoms with Gasteiger partial charge in [-0.25, -0.2) is 0 Å². The van der Waals surface area contributed by atoms with E-state index >= 15 is 0 Å². The number of hydrogen-bond donors (Lipinski definition) is 2. The molecule has 0 aliphatic carbocycles. The van der Waals surface area contributed by atoms with Gasteiger partial charge in [-0.15, -0.1) is 12.4 Å². The summed E-state index contributed by atoms with van der Waals surface area (Å²) in [5, 5.41) is 4.59. The predicted molar refractivity (Wildman–Crippen MR) is 107 cm³/mol. The maximum Gasteiger partial charge on any atom is 0.323 e. The van der Waals surface area contributed by atoms with Crippen LogP contribution in [0.3, 0.4) is 0 Å². The van der Waals surface area contributed by atoms with Crippen LogP contribution in [-0.4, -0.2) is 37.3 Å². The molecular weight excluding hydrogens is 380 g/mol. The summed E-state index contributed by atoms with van der Waals surface area (Å²) in [6.07, 6.45) is 0.590. The summed E-state index contributed by atoms with van der Waals surface area (Å²) >= 11 is 0. The average Bonchev–Trinajstić information content (AvgIpc) is 3.11. The van der Waals surface area contributed by atoms with Crippen molar-refractivity contribution in [3.63, 3.8) is 0 Å². The molecule has 0 radical (unpaired) electrons. The third kappa shape index (κ3) is 2.99. The number of methoxy groups -OCH3 is 1. The molecule has 7 heteroatoms. The first-order chi connectivity index (χ1) is 13.2. The van der Waals surface area contributed by atoms with Gasteiger partial charge >= 0.3 is 5.97 Å². The van der Waals surface area contributed by atoms with E-state index in [0.717, 1.165) is 39.2 Å². The van der Waals surface area contributed by atoms with Crippen molar-refractivity contribution in [2.45, 2.75) is 18.5 Å². The highest BCUT2D eigenvalue weighted by Gasteiger charge is 2.34. The Bertz CT molecular complexity index is 1030. The molecule has 28 heavy (non-hydrogen) atoms. The minimum atomic E-state index is -0.403. The third-order valence-electron chi connectivity index (χ3n) is 5.30. The topological polar surface area (TPSA) is 72.6 Å². The van der Waals surface area contributed by atoms with Gasteiger partial charge in [0.25, 0.3) is 0 Å². The highest BCUT2D eigenvalue weighted by Crippen LogP contribution is 2.39. The summed E-state index contributed by atoms with van der Waals surface area (Å²) in [6.45, 7) is 1.10. The fourth-order valence-corrected chi connectivity index (χ4v) is 4.03. The second-order valence-electron chi connectivity index (χ2n) is 6.85. The molecule has 2 aliphatic heterocycles. The van der Waals surface area contributed by atoms with Crippen LogP contribution in [0.4, 0.5) is 0 Å². The highest BCUT2D eigenvalue weighted by molar-refractivity contribution is 5.87. The Hall–Kier alpha value is -2.70. The van der Waals surface area contributed by atoms with E-state index in [4.69, 9.17) is 14.2 Å². The Balaban J connectivity index is 0.00000192. The molecule has 1 aromatic heterocycles. The molecule has 3 heterocycles. The van der Waals surface area contributed by atoms with Crippen molar-refractivity contribution < 1.29 is 19.0 Å². The van der Waals surface area contributed by atoms with E-state index in [0.29, 0.717) is 19.6 Å². The van der Waals surface area contributed by atoms with Crippen molar-refractivity contribution in [3.05, 3.63) is 59.3 Å². The fraction of sp³-hybridized carbons (Fsp3) is 0.286. The van der Waals surface area contributed by atoms with Crippen molar-refractivity contribution in [1.82, 2.24) is 10.3 Å². The summed E-state index contributed by atoms with van der Waals surface area (Å²) in [5.41, 5.74) is 4.31. The normalized spacial score (nSPS) is 20.2. The van der Waals surface area contributed by atoms with E-state index in [-0.39, 0.29) is 24.4 Å². The number of fused-ring (bicyclic) bond motifs is 4. The molecule has 0 fully saturated rings. The lowest BCUT2D eigenvalue weighted by molar-refractivity contribution is -0.143. The zero-order chi connectivity index (χ0) is 18.4. The second kappa shape index (κ2) is 7.37. The van der Waals surface area contributed by atoms with E-state index in [9.17, 15) is 4.79 Å². The first-order valence-electron chi connectivity index (χ1n) is 9.07. The lowest BCUT2D eigenvalue weighted by atomic mass is 9.90. The Morgan fingerprint density at radius 3 is 2.71 bits per heavy atom. The number of aromatic nitrogens is 1. The van der Waals surface area contributed by atoms with Gasteiger partial charge in [-0.2, -0.15) is 0 Å². The maximum atomic E-state index is 12.3. The van der Waals surface area contributed by atoms with Gasteiger partial charge in [0.1, 0.15) is 19.3 Å². The Labute approximate surface area is 168 Å². The molecule has 0 saturated carbocycles. The smallest absolute Gasteiger partial charge is 0.323 e. The molecular formula is C21H21ClN2O4. The molecule has 3 aromatic rings. The second-order valence-corrected chi connectivity index (χ2v) is 6.85. The van der Waals surface area contributed by atoms with Crippen LogP contribution in [0.2, 0.25) is 0 Å². The van der Waals surface area contributed by atoms with Crippen molar-refractivity contribution in [2.75, 3.05) is 20.3 Å². The highest BCUT2D eigenvalue weighted by atomic mass is 35.5. The number of para-hydroxylation sites is 1. The van der Waals surface area contributed by atoms with E-state index in [1.54, 1.807) is 0 Å². The number of aromatic amines is 1. The van der Waals surface area contributed by atoms with Gasteiger partial charge in [-0.3, -0.25) is 10.1 Å². The Morgan fingerprint density at radius 1 is 1.11 bits per heavy atom. The van der Waals surface area contributed by atoms with Crippen LogP contribution in [0, 0.1) is 0 Å². The molecule has 0 spiro atoms. The molecule has 146 valence electrons. The Morgan fingerprint density at radius 2 is 1.89 bits per heavy atom. The van der Waals surface area contributed by atoms with Crippen molar-refractivity contribution in [2.24, 2.45) is 0 Å². The predicted octanol–water partition coefficient (Wildman–Crippen LogP) is 3.14. The first kappa shape index (κ1) is 18.7. The van der Waals surface area contributed by atoms with Gasteiger partial charge in [-0.1, -0.05) is 24.3 Å². The van der Waals surface area contributed by atoms with Crippen LogP contribution in [0.25, 0.3) is 10.9 Å². The zero-order valence-corrected chi connectivity index (χ0v) is 16.2. The maximum absolute atomic E-state index is 12.3. The van der Waals surface area contributed by atoms with Gasteiger partial charge in [-0.05, 0) is 29.3 Å². The van der Waals surface area contributed by atoms with Gasteiger partial charge in [0.05, 0.1) is 13.2 Å². The number of benzene rings is 2. The number of rotatable bonds is 2. The number of ether oxygens (including phenoxy) is 3. The minimum absolute atomic E-state index is 0. The molecule has 2 atom stereocenters. The monoisotopic (exact) mass is 400 g/mol. The van der Waals surface area contributed by atoms with Gasteiger partial charge in [0.2, 0.25) is 0 Å². The summed E-state index contributed by atoms with van der Waals surface area (Å²) in [6, 6.07) is 13.5. The van der Waals surface area contributed by atoms with E-state index in [2.05, 4.69) is 22.4 Å². The summed E-state index contributed by atoms with van der Waals surface area (Å²) in [7, 11) is 1.42. The average molecular weight is 401 g/mol. The van der Waals surface area contributed by atoms with Crippen LogP contribution in [0.15, 0.2) is 42.5 Å². The molecule has 0 amide bonds. The molecule has 6 nitrogen and oxygen atoms in total. The zero-order valence-electron chi connectivity index (χ0n) is 15.4. The number of H-pyrrole nitrogens is 1. The number of esters is 1. The van der Waals surface area contributed by atoms with Gasteiger partial charge < -0.3 is 19.2 Å². The van der Waals surface area contributed by atoms with E-state index < -0.39 is 6.04 Å². The van der Waals surface area contributed by atoms with Crippen molar-refractivity contribution in [3.8, 4) is 11.5 Å². The van der Waals surface area contributed by atoms with Crippen LogP contribution in [-0.2, 0) is 16.0 Å². The quantitative estimate of drug-likeness (QED) is 0.646. The SMILES string of the molecule is COC(=O)C1Cc2c([nH]c3ccccc23)C(c2ccc3c(c2)OCCO3)N1.Cl. The van der Waals surface area contributed by atoms with Crippen LogP contribution < -0.4 is 14.8 Å². The van der Waals surface area contributed by atoms with E-state index in [1.807, 2.05) is 30.3 Å². The summed E-state index contributed by atoms with van der Waals surface area (Å²) < 4.78 is 16.4. The van der Waals surface area contributed by atoms with Gasteiger partial charge in [0, 0.05) is 23.0 Å². The lowest BCUT2D eigenvalue weighted by Gasteiger charge is -2.31. The fourth-order valence-electron chi connectivity index (χ4n) is 4.03. The molecule has 0 bridgehead atoms. The van der Waals surface area contributed by atoms with Crippen molar-refractivity contribution in [1.29, 1.82) is 0 Å². The number of halogens is 1. The lowest BCUT2D eigenvalue weighted by Crippen LogP contribution is -2.45. The molecule has 0 saturated heterocycles. The first-order valence-corrected chi connectivity index (χ1v) is 9.07. The summed E-state index contributed by atoms with van der Waals surface area (Å²) in [4.78, 5) is 15.8. The molecule has 5 rings (SSSR count). The molecule has 2 aliphatic rings. The number of carbonyl (C=O) groups is 1. The van der Waals surface area contributed by atoms with Gasteiger partial charge in [0.15, 0.2) is 11.5 Å². The number of hydrogen-bond acceptors (Lipinski definition) is 5. The molecule has 2 aromatic carbocycles. The third-order valence-corrected chi connectivity index (χ3v) is 5.30. The standard InChI is InChI=1S/C21H20N2O4.ClH/c1-25-21(24)16-11-14-13-4-2-3-5-15(13)22-20(14)19(23-16)12-6-7-17-18(10-12)27-9-8-26-17;/h2-7,10,16,19,22-23H,8-9,11H2,1H3;1H. The van der Waals surface area contributed by atoms with Crippen molar-refractivity contribution >= 4 is 29.3 Å². The van der Waals surface area contributed by atoms with Crippen LogP contribution >= 0.6 is 12.4 Å².